The normalized spacial score (nSPS) is 27.3. The minimum Gasteiger partial charge on any atom is -0.490 e. The summed E-state index contributed by atoms with van der Waals surface area (Å²) < 4.78 is 28.8. The van der Waals surface area contributed by atoms with Crippen molar-refractivity contribution in [1.29, 1.82) is 0 Å². The fraction of sp³-hybridized carbons (Fsp3) is 0.600. The minimum atomic E-state index is -3.66. The molecule has 20 heavy (non-hydrogen) atoms. The first-order valence-electron chi connectivity index (χ1n) is 7.06. The molecule has 2 unspecified atom stereocenters. The van der Waals surface area contributed by atoms with Crippen LogP contribution in [0.3, 0.4) is 0 Å². The first-order valence-corrected chi connectivity index (χ1v) is 8.60. The van der Waals surface area contributed by atoms with Crippen molar-refractivity contribution in [3.05, 3.63) is 23.8 Å². The summed E-state index contributed by atoms with van der Waals surface area (Å²) in [4.78, 5) is 0.162. The summed E-state index contributed by atoms with van der Waals surface area (Å²) in [6.07, 6.45) is 3.58. The predicted octanol–water partition coefficient (Wildman–Crippen LogP) is 2.85. The number of hydrogen-bond acceptors (Lipinski definition) is 3. The lowest BCUT2D eigenvalue weighted by atomic mass is 9.82. The van der Waals surface area contributed by atoms with E-state index in [1.165, 1.54) is 12.5 Å². The molecule has 1 aliphatic carbocycles. The third kappa shape index (κ3) is 3.73. The Bertz CT molecular complexity index is 573. The summed E-state index contributed by atoms with van der Waals surface area (Å²) in [5.74, 6) is 2.07. The lowest BCUT2D eigenvalue weighted by Gasteiger charge is -2.31. The van der Waals surface area contributed by atoms with E-state index < -0.39 is 10.0 Å². The second kappa shape index (κ2) is 5.74. The van der Waals surface area contributed by atoms with Gasteiger partial charge in [0.25, 0.3) is 0 Å². The van der Waals surface area contributed by atoms with Crippen LogP contribution in [-0.4, -0.2) is 14.5 Å². The van der Waals surface area contributed by atoms with Crippen molar-refractivity contribution in [3.8, 4) is 5.75 Å². The van der Waals surface area contributed by atoms with Crippen LogP contribution in [0.2, 0.25) is 0 Å². The van der Waals surface area contributed by atoms with Crippen molar-refractivity contribution >= 4 is 10.0 Å². The first-order chi connectivity index (χ1) is 9.25. The Kier molecular flexibility index (Phi) is 4.39. The maximum absolute atomic E-state index is 11.4. The van der Waals surface area contributed by atoms with E-state index in [-0.39, 0.29) is 11.0 Å². The van der Waals surface area contributed by atoms with Gasteiger partial charge in [0.15, 0.2) is 0 Å². The third-order valence-corrected chi connectivity index (χ3v) is 4.96. The molecule has 0 bridgehead atoms. The van der Waals surface area contributed by atoms with Gasteiger partial charge in [0, 0.05) is 0 Å². The summed E-state index contributed by atoms with van der Waals surface area (Å²) in [5.41, 5.74) is 0.627. The SMILES string of the molecule is Cc1cc(OC2CC(C)CC(C)C2)ccc1S(N)(=O)=O. The lowest BCUT2D eigenvalue weighted by Crippen LogP contribution is -2.28. The van der Waals surface area contributed by atoms with Gasteiger partial charge in [-0.2, -0.15) is 0 Å². The average molecular weight is 297 g/mol. The zero-order valence-electron chi connectivity index (χ0n) is 12.3. The highest BCUT2D eigenvalue weighted by Gasteiger charge is 2.25. The van der Waals surface area contributed by atoms with Crippen LogP contribution in [0, 0.1) is 18.8 Å². The Balaban J connectivity index is 2.13. The monoisotopic (exact) mass is 297 g/mol. The lowest BCUT2D eigenvalue weighted by molar-refractivity contribution is 0.101. The van der Waals surface area contributed by atoms with E-state index in [2.05, 4.69) is 13.8 Å². The molecule has 1 aromatic rings. The quantitative estimate of drug-likeness (QED) is 0.932. The van der Waals surface area contributed by atoms with Crippen LogP contribution in [0.4, 0.5) is 0 Å². The molecule has 0 spiro atoms. The Morgan fingerprint density at radius 1 is 1.15 bits per heavy atom. The predicted molar refractivity (Wildman–Crippen MR) is 79.1 cm³/mol. The number of ether oxygens (including phenoxy) is 1. The summed E-state index contributed by atoms with van der Waals surface area (Å²) >= 11 is 0. The molecule has 0 aromatic heterocycles. The van der Waals surface area contributed by atoms with Crippen molar-refractivity contribution in [1.82, 2.24) is 0 Å². The molecule has 0 amide bonds. The molecule has 0 heterocycles. The standard InChI is InChI=1S/C15H23NO3S/c1-10-6-11(2)8-14(7-10)19-13-4-5-15(12(3)9-13)20(16,17)18/h4-5,9-11,14H,6-8H2,1-3H3,(H2,16,17,18). The number of primary sulfonamides is 1. The van der Waals surface area contributed by atoms with E-state index in [1.54, 1.807) is 19.1 Å². The third-order valence-electron chi connectivity index (χ3n) is 3.89. The highest BCUT2D eigenvalue weighted by Crippen LogP contribution is 2.32. The summed E-state index contributed by atoms with van der Waals surface area (Å²) in [5, 5.41) is 5.16. The average Bonchev–Trinajstić information content (AvgIpc) is 2.25. The molecule has 1 aromatic carbocycles. The molecule has 0 radical (unpaired) electrons. The van der Waals surface area contributed by atoms with E-state index in [0.717, 1.165) is 18.6 Å². The number of benzene rings is 1. The van der Waals surface area contributed by atoms with Crippen LogP contribution in [0.5, 0.6) is 5.75 Å². The molecule has 112 valence electrons. The number of hydrogen-bond donors (Lipinski definition) is 1. The zero-order chi connectivity index (χ0) is 14.9. The Hall–Kier alpha value is -1.07. The molecule has 1 aliphatic rings. The second-order valence-corrected chi connectivity index (χ2v) is 7.66. The molecule has 4 nitrogen and oxygen atoms in total. The van der Waals surface area contributed by atoms with Crippen LogP contribution in [-0.2, 0) is 10.0 Å². The smallest absolute Gasteiger partial charge is 0.238 e. The molecule has 1 saturated carbocycles. The number of rotatable bonds is 3. The van der Waals surface area contributed by atoms with Crippen molar-refractivity contribution < 1.29 is 13.2 Å². The topological polar surface area (TPSA) is 69.4 Å². The molecule has 0 saturated heterocycles. The van der Waals surface area contributed by atoms with E-state index in [1.807, 2.05) is 0 Å². The largest absolute Gasteiger partial charge is 0.490 e. The van der Waals surface area contributed by atoms with Crippen molar-refractivity contribution in [2.75, 3.05) is 0 Å². The highest BCUT2D eigenvalue weighted by atomic mass is 32.2. The Morgan fingerprint density at radius 2 is 1.75 bits per heavy atom. The molecular weight excluding hydrogens is 274 g/mol. The van der Waals surface area contributed by atoms with Crippen molar-refractivity contribution in [2.24, 2.45) is 17.0 Å². The fourth-order valence-electron chi connectivity index (χ4n) is 3.18. The van der Waals surface area contributed by atoms with Crippen LogP contribution in [0.25, 0.3) is 0 Å². The van der Waals surface area contributed by atoms with Gasteiger partial charge < -0.3 is 4.74 Å². The van der Waals surface area contributed by atoms with Gasteiger partial charge in [-0.15, -0.1) is 0 Å². The molecule has 2 N–H and O–H groups in total. The maximum atomic E-state index is 11.4. The molecule has 5 heteroatoms. The van der Waals surface area contributed by atoms with Crippen LogP contribution in [0.15, 0.2) is 23.1 Å². The van der Waals surface area contributed by atoms with E-state index in [0.29, 0.717) is 17.4 Å². The van der Waals surface area contributed by atoms with Crippen LogP contribution < -0.4 is 9.88 Å². The van der Waals surface area contributed by atoms with Gasteiger partial charge in [0.1, 0.15) is 5.75 Å². The number of aryl methyl sites for hydroxylation is 1. The molecule has 1 fully saturated rings. The molecule has 2 atom stereocenters. The summed E-state index contributed by atoms with van der Waals surface area (Å²) in [6.45, 7) is 6.24. The van der Waals surface area contributed by atoms with Crippen LogP contribution in [0.1, 0.15) is 38.7 Å². The first kappa shape index (κ1) is 15.3. The zero-order valence-corrected chi connectivity index (χ0v) is 13.1. The van der Waals surface area contributed by atoms with Gasteiger partial charge in [0.05, 0.1) is 11.0 Å². The Morgan fingerprint density at radius 3 is 2.25 bits per heavy atom. The maximum Gasteiger partial charge on any atom is 0.238 e. The second-order valence-electron chi connectivity index (χ2n) is 6.13. The van der Waals surface area contributed by atoms with E-state index in [4.69, 9.17) is 9.88 Å². The van der Waals surface area contributed by atoms with Gasteiger partial charge in [-0.25, -0.2) is 13.6 Å². The molecular formula is C15H23NO3S. The number of sulfonamides is 1. The van der Waals surface area contributed by atoms with E-state index >= 15 is 0 Å². The van der Waals surface area contributed by atoms with Crippen molar-refractivity contribution in [2.45, 2.75) is 51.0 Å². The summed E-state index contributed by atoms with van der Waals surface area (Å²) in [7, 11) is -3.66. The van der Waals surface area contributed by atoms with Gasteiger partial charge in [-0.3, -0.25) is 0 Å². The van der Waals surface area contributed by atoms with Crippen molar-refractivity contribution in [3.63, 3.8) is 0 Å². The minimum absolute atomic E-state index is 0.162. The van der Waals surface area contributed by atoms with Gasteiger partial charge in [0.2, 0.25) is 10.0 Å². The Labute approximate surface area is 121 Å². The molecule has 2 rings (SSSR count). The molecule has 0 aliphatic heterocycles. The fourth-order valence-corrected chi connectivity index (χ4v) is 3.94. The van der Waals surface area contributed by atoms with Gasteiger partial charge >= 0.3 is 0 Å². The summed E-state index contributed by atoms with van der Waals surface area (Å²) in [6, 6.07) is 4.97. The highest BCUT2D eigenvalue weighted by molar-refractivity contribution is 7.89. The van der Waals surface area contributed by atoms with E-state index in [9.17, 15) is 8.42 Å². The number of nitrogens with two attached hydrogens (primary N) is 1. The van der Waals surface area contributed by atoms with Gasteiger partial charge in [-0.05, 0) is 61.8 Å². The van der Waals surface area contributed by atoms with Crippen LogP contribution >= 0.6 is 0 Å². The van der Waals surface area contributed by atoms with Gasteiger partial charge in [-0.1, -0.05) is 13.8 Å².